The van der Waals surface area contributed by atoms with Crippen LogP contribution < -0.4 is 4.74 Å². The van der Waals surface area contributed by atoms with Crippen LogP contribution in [0.15, 0.2) is 133 Å². The van der Waals surface area contributed by atoms with E-state index in [-0.39, 0.29) is 0 Å². The van der Waals surface area contributed by atoms with Crippen molar-refractivity contribution in [3.63, 3.8) is 0 Å². The van der Waals surface area contributed by atoms with Crippen LogP contribution >= 0.6 is 0 Å². The Hall–Kier alpha value is -6.81. The lowest BCUT2D eigenvalue weighted by molar-refractivity contribution is 0.484. The Labute approximate surface area is 565 Å². The SMILES string of the molecule is CC(C)[Si](C#Cc1c2cc3ccccc3cc2c(C#C[Si](C(C)C)(C(C)C)C(C)C)c2cc3cc(Oc4ccc5cc6c(C#C[Si](C(C)C)(C(C)C)C(C)C)c7cc8ccccc8cc7c(C#C[Si](C(C)C)(C(C)C)C(C)C)c6cc5c4)ccc3cc12)(C(C)C)C(C)C. The van der Waals surface area contributed by atoms with E-state index in [0.29, 0.717) is 66.5 Å². The van der Waals surface area contributed by atoms with Crippen LogP contribution in [0.4, 0.5) is 0 Å². The van der Waals surface area contributed by atoms with E-state index in [0.717, 1.165) is 66.1 Å². The normalized spacial score (nSPS) is 12.9. The van der Waals surface area contributed by atoms with E-state index < -0.39 is 32.3 Å². The lowest BCUT2D eigenvalue weighted by atomic mass is 9.89. The molecule has 0 fully saturated rings. The lowest BCUT2D eigenvalue weighted by Crippen LogP contribution is -2.43. The highest BCUT2D eigenvalue weighted by atomic mass is 28.3. The minimum atomic E-state index is -2.16. The fraction of sp³-hybridized carbons (Fsp3) is 0.409. The molecule has 0 unspecified atom stereocenters. The number of fused-ring (bicyclic) bond motifs is 8. The zero-order chi connectivity index (χ0) is 67.6. The van der Waals surface area contributed by atoms with Gasteiger partial charge in [-0.05, 0) is 225 Å². The first kappa shape index (κ1) is 69.0. The molecule has 480 valence electrons. The maximum absolute atomic E-state index is 7.11. The molecule has 0 aliphatic rings. The Kier molecular flexibility index (Phi) is 19.9. The van der Waals surface area contributed by atoms with Gasteiger partial charge in [-0.15, -0.1) is 22.2 Å². The smallest absolute Gasteiger partial charge is 0.146 e. The molecule has 0 N–H and O–H groups in total. The van der Waals surface area contributed by atoms with E-state index in [1.54, 1.807) is 0 Å². The van der Waals surface area contributed by atoms with Crippen LogP contribution in [-0.4, -0.2) is 32.3 Å². The fourth-order valence-corrected chi connectivity index (χ4v) is 39.3. The molecule has 10 aromatic carbocycles. The zero-order valence-corrected chi connectivity index (χ0v) is 65.0. The van der Waals surface area contributed by atoms with Gasteiger partial charge in [0.15, 0.2) is 0 Å². The molecule has 0 aliphatic carbocycles. The maximum atomic E-state index is 7.11. The van der Waals surface area contributed by atoms with Gasteiger partial charge >= 0.3 is 0 Å². The van der Waals surface area contributed by atoms with Crippen molar-refractivity contribution in [2.45, 2.75) is 233 Å². The first-order chi connectivity index (χ1) is 43.9. The van der Waals surface area contributed by atoms with Crippen molar-refractivity contribution in [2.24, 2.45) is 0 Å². The van der Waals surface area contributed by atoms with Crippen LogP contribution in [0, 0.1) is 45.9 Å². The predicted octanol–water partition coefficient (Wildman–Crippen LogP) is 27.0. The van der Waals surface area contributed by atoms with Gasteiger partial charge in [-0.1, -0.05) is 251 Å². The Morgan fingerprint density at radius 1 is 0.215 bits per heavy atom. The van der Waals surface area contributed by atoms with Crippen molar-refractivity contribution in [3.8, 4) is 57.4 Å². The van der Waals surface area contributed by atoms with Crippen molar-refractivity contribution in [1.82, 2.24) is 0 Å². The molecular weight excluding hydrogens is 1190 g/mol. The van der Waals surface area contributed by atoms with Crippen molar-refractivity contribution < 1.29 is 4.74 Å². The second-order valence-corrected chi connectivity index (χ2v) is 53.8. The van der Waals surface area contributed by atoms with Gasteiger partial charge in [0.2, 0.25) is 0 Å². The Morgan fingerprint density at radius 2 is 0.387 bits per heavy atom. The van der Waals surface area contributed by atoms with E-state index in [9.17, 15) is 0 Å². The lowest BCUT2D eigenvalue weighted by Gasteiger charge is -2.38. The van der Waals surface area contributed by atoms with Crippen LogP contribution in [0.25, 0.3) is 86.2 Å². The van der Waals surface area contributed by atoms with Gasteiger partial charge in [0, 0.05) is 22.3 Å². The molecule has 0 aromatic heterocycles. The van der Waals surface area contributed by atoms with Crippen LogP contribution in [-0.2, 0) is 0 Å². The first-order valence-corrected chi connectivity index (χ1v) is 44.4. The summed E-state index contributed by atoms with van der Waals surface area (Å²) >= 11 is 0. The second kappa shape index (κ2) is 26.8. The highest BCUT2D eigenvalue weighted by Gasteiger charge is 2.45. The molecule has 0 atom stereocenters. The van der Waals surface area contributed by atoms with Gasteiger partial charge in [-0.25, -0.2) is 0 Å². The molecule has 10 rings (SSSR count). The van der Waals surface area contributed by atoms with E-state index in [2.05, 4.69) is 345 Å². The molecule has 1 nitrogen and oxygen atoms in total. The van der Waals surface area contributed by atoms with Crippen molar-refractivity contribution in [3.05, 3.63) is 156 Å². The van der Waals surface area contributed by atoms with E-state index >= 15 is 0 Å². The van der Waals surface area contributed by atoms with Gasteiger partial charge in [-0.2, -0.15) is 0 Å². The van der Waals surface area contributed by atoms with Gasteiger partial charge in [0.1, 0.15) is 43.8 Å². The van der Waals surface area contributed by atoms with Crippen LogP contribution in [0.3, 0.4) is 0 Å². The molecule has 5 heteroatoms. The summed E-state index contributed by atoms with van der Waals surface area (Å²) in [5, 5.41) is 18.8. The Morgan fingerprint density at radius 3 is 0.570 bits per heavy atom. The molecular formula is C88H106OSi4. The van der Waals surface area contributed by atoms with Crippen LogP contribution in [0.5, 0.6) is 11.5 Å². The molecule has 0 saturated carbocycles. The summed E-state index contributed by atoms with van der Waals surface area (Å²) in [6.45, 7) is 58.1. The summed E-state index contributed by atoms with van der Waals surface area (Å²) in [6, 6.07) is 50.3. The van der Waals surface area contributed by atoms with Gasteiger partial charge < -0.3 is 4.74 Å². The zero-order valence-electron chi connectivity index (χ0n) is 61.0. The molecule has 0 amide bonds. The molecule has 10 aromatic rings. The minimum absolute atomic E-state index is 0.495. The topological polar surface area (TPSA) is 9.23 Å². The highest BCUT2D eigenvalue weighted by Crippen LogP contribution is 2.48. The summed E-state index contributed by atoms with van der Waals surface area (Å²) in [7, 11) is -8.60. The largest absolute Gasteiger partial charge is 0.457 e. The van der Waals surface area contributed by atoms with Gasteiger partial charge in [-0.3, -0.25) is 0 Å². The van der Waals surface area contributed by atoms with Crippen molar-refractivity contribution >= 4 is 118 Å². The van der Waals surface area contributed by atoms with Gasteiger partial charge in [0.05, 0.1) is 0 Å². The third-order valence-corrected chi connectivity index (χ3v) is 48.3. The summed E-state index contributed by atoms with van der Waals surface area (Å²) < 4.78 is 7.11. The third kappa shape index (κ3) is 12.0. The molecule has 0 heterocycles. The van der Waals surface area contributed by atoms with Crippen LogP contribution in [0.1, 0.15) is 188 Å². The molecule has 0 bridgehead atoms. The molecule has 0 aliphatic heterocycles. The average molecular weight is 1290 g/mol. The molecule has 0 saturated heterocycles. The highest BCUT2D eigenvalue weighted by molar-refractivity contribution is 6.92. The van der Waals surface area contributed by atoms with Crippen LogP contribution in [0.2, 0.25) is 66.5 Å². The number of benzene rings is 10. The first-order valence-electron chi connectivity index (χ1n) is 35.5. The maximum Gasteiger partial charge on any atom is 0.146 e. The molecule has 93 heavy (non-hydrogen) atoms. The molecule has 0 radical (unpaired) electrons. The third-order valence-electron chi connectivity index (χ3n) is 23.1. The van der Waals surface area contributed by atoms with Gasteiger partial charge in [0.25, 0.3) is 0 Å². The predicted molar refractivity (Wildman–Crippen MR) is 425 cm³/mol. The summed E-state index contributed by atoms with van der Waals surface area (Å²) in [4.78, 5) is 0. The Balaban J connectivity index is 1.23. The monoisotopic (exact) mass is 1290 g/mol. The number of hydrogen-bond donors (Lipinski definition) is 0. The number of ether oxygens (including phenoxy) is 1. The quantitative estimate of drug-likeness (QED) is 0.0599. The van der Waals surface area contributed by atoms with E-state index in [4.69, 9.17) is 4.74 Å². The summed E-state index contributed by atoms with van der Waals surface area (Å²) in [5.41, 5.74) is 27.3. The van der Waals surface area contributed by atoms with E-state index in [1.807, 2.05) is 0 Å². The number of rotatable bonds is 14. The Bertz CT molecular complexity index is 4410. The standard InChI is InChI=1S/C88H106OSi4/c1-55(2)90(56(3)4,57(5)6)41-37-77-81-47-67-29-25-27-31-69(67)49-83(81)79(39-43-92(61(13)14,62(15)16)63(17)18)87-53-73-45-75(35-33-71(73)51-85(77)87)89-76-36-34-72-52-86-78(38-42-91(58(7)8,59(9)10)60(11)12)82-48-68-30-26-28-32-70(68)50-84(82)80(88(86)54-74(72)46-76)40-44-93(64(19)20,65(21)22)66(23)24/h25-36,45-66H,1-24H3. The van der Waals surface area contributed by atoms with Crippen molar-refractivity contribution in [1.29, 1.82) is 0 Å². The van der Waals surface area contributed by atoms with Crippen molar-refractivity contribution in [2.75, 3.05) is 0 Å². The van der Waals surface area contributed by atoms with E-state index in [1.165, 1.54) is 53.9 Å². The second-order valence-electron chi connectivity index (χ2n) is 31.5. The summed E-state index contributed by atoms with van der Waals surface area (Å²) in [6.07, 6.45) is 0. The number of hydrogen-bond acceptors (Lipinski definition) is 1. The molecule has 0 spiro atoms. The average Bonchev–Trinajstić information content (AvgIpc) is 0.737. The minimum Gasteiger partial charge on any atom is -0.457 e. The summed E-state index contributed by atoms with van der Waals surface area (Å²) in [5.74, 6) is 17.9. The fourth-order valence-electron chi connectivity index (χ4n) is 18.5.